The fourth-order valence-electron chi connectivity index (χ4n) is 2.14. The Morgan fingerprint density at radius 2 is 1.57 bits per heavy atom. The number of hydrogen-bond donors (Lipinski definition) is 3. The molecule has 0 aliphatic carbocycles. The standard InChI is InChI=1S/C18H17N3O7/c1-10(22)19-13-6-12(7-14(8-13)20-11(2)23)18(26)28-9-16(24)21-17(25)15-4-3-5-27-15/h3-8H,9H2,1-2H3,(H,19,22)(H,20,23)(H,21,24,25). The molecule has 1 aromatic heterocycles. The number of carbonyl (C=O) groups is 5. The number of imide groups is 1. The van der Waals surface area contributed by atoms with Gasteiger partial charge >= 0.3 is 5.97 Å². The summed E-state index contributed by atoms with van der Waals surface area (Å²) in [4.78, 5) is 58.1. The molecule has 2 aromatic rings. The summed E-state index contributed by atoms with van der Waals surface area (Å²) < 4.78 is 9.71. The molecule has 3 N–H and O–H groups in total. The summed E-state index contributed by atoms with van der Waals surface area (Å²) in [5.41, 5.74) is 0.492. The highest BCUT2D eigenvalue weighted by molar-refractivity contribution is 6.04. The van der Waals surface area contributed by atoms with Gasteiger partial charge in [-0.1, -0.05) is 0 Å². The van der Waals surface area contributed by atoms with Crippen LogP contribution in [0.5, 0.6) is 0 Å². The highest BCUT2D eigenvalue weighted by Gasteiger charge is 2.16. The molecule has 0 saturated heterocycles. The molecular weight excluding hydrogens is 370 g/mol. The molecule has 0 radical (unpaired) electrons. The first-order valence-electron chi connectivity index (χ1n) is 7.99. The predicted molar refractivity (Wildman–Crippen MR) is 96.5 cm³/mol. The zero-order chi connectivity index (χ0) is 20.7. The summed E-state index contributed by atoms with van der Waals surface area (Å²) in [6.07, 6.45) is 1.27. The van der Waals surface area contributed by atoms with Crippen LogP contribution in [-0.4, -0.2) is 36.2 Å². The lowest BCUT2D eigenvalue weighted by Gasteiger charge is -2.10. The molecule has 1 aromatic carbocycles. The maximum Gasteiger partial charge on any atom is 0.338 e. The molecule has 10 nitrogen and oxygen atoms in total. The molecule has 28 heavy (non-hydrogen) atoms. The molecule has 10 heteroatoms. The van der Waals surface area contributed by atoms with E-state index in [1.807, 2.05) is 5.32 Å². The quantitative estimate of drug-likeness (QED) is 0.634. The third-order valence-electron chi connectivity index (χ3n) is 3.14. The largest absolute Gasteiger partial charge is 0.459 e. The van der Waals surface area contributed by atoms with Gasteiger partial charge in [0.1, 0.15) is 0 Å². The van der Waals surface area contributed by atoms with Crippen molar-refractivity contribution in [3.63, 3.8) is 0 Å². The number of hydrogen-bond acceptors (Lipinski definition) is 7. The van der Waals surface area contributed by atoms with Gasteiger partial charge < -0.3 is 19.8 Å². The van der Waals surface area contributed by atoms with Crippen LogP contribution in [0.25, 0.3) is 0 Å². The number of carbonyl (C=O) groups excluding carboxylic acids is 5. The molecule has 146 valence electrons. The Kier molecular flexibility index (Phi) is 6.63. The van der Waals surface area contributed by atoms with E-state index >= 15 is 0 Å². The fraction of sp³-hybridized carbons (Fsp3) is 0.167. The van der Waals surface area contributed by atoms with Crippen molar-refractivity contribution in [3.8, 4) is 0 Å². The van der Waals surface area contributed by atoms with Gasteiger partial charge in [-0.05, 0) is 30.3 Å². The monoisotopic (exact) mass is 387 g/mol. The number of benzene rings is 1. The topological polar surface area (TPSA) is 144 Å². The van der Waals surface area contributed by atoms with Crippen LogP contribution in [0.3, 0.4) is 0 Å². The maximum absolute atomic E-state index is 12.2. The van der Waals surface area contributed by atoms with Crippen molar-refractivity contribution in [3.05, 3.63) is 47.9 Å². The summed E-state index contributed by atoms with van der Waals surface area (Å²) in [7, 11) is 0. The SMILES string of the molecule is CC(=O)Nc1cc(NC(C)=O)cc(C(=O)OCC(=O)NC(=O)c2ccco2)c1. The summed E-state index contributed by atoms with van der Waals surface area (Å²) >= 11 is 0. The molecule has 0 saturated carbocycles. The van der Waals surface area contributed by atoms with Gasteiger partial charge in [0.15, 0.2) is 12.4 Å². The van der Waals surface area contributed by atoms with Crippen molar-refractivity contribution in [2.24, 2.45) is 0 Å². The number of furan rings is 1. The van der Waals surface area contributed by atoms with Crippen molar-refractivity contribution < 1.29 is 33.1 Å². The van der Waals surface area contributed by atoms with Gasteiger partial charge in [0.05, 0.1) is 11.8 Å². The van der Waals surface area contributed by atoms with Crippen molar-refractivity contribution in [2.45, 2.75) is 13.8 Å². The number of rotatable bonds is 6. The van der Waals surface area contributed by atoms with Crippen molar-refractivity contribution >= 4 is 41.0 Å². The van der Waals surface area contributed by atoms with E-state index in [0.29, 0.717) is 0 Å². The Morgan fingerprint density at radius 3 is 2.07 bits per heavy atom. The average Bonchev–Trinajstić information content (AvgIpc) is 3.13. The molecule has 0 aliphatic rings. The van der Waals surface area contributed by atoms with Gasteiger partial charge in [-0.3, -0.25) is 24.5 Å². The second-order valence-electron chi connectivity index (χ2n) is 5.59. The normalized spacial score (nSPS) is 9.93. The minimum atomic E-state index is -0.889. The summed E-state index contributed by atoms with van der Waals surface area (Å²) in [5, 5.41) is 6.98. The van der Waals surface area contributed by atoms with Crippen molar-refractivity contribution in [2.75, 3.05) is 17.2 Å². The third-order valence-corrected chi connectivity index (χ3v) is 3.14. The lowest BCUT2D eigenvalue weighted by Crippen LogP contribution is -2.34. The van der Waals surface area contributed by atoms with Crippen LogP contribution in [0.4, 0.5) is 11.4 Å². The molecule has 4 amide bonds. The van der Waals surface area contributed by atoms with E-state index in [4.69, 9.17) is 9.15 Å². The van der Waals surface area contributed by atoms with Crippen LogP contribution in [0, 0.1) is 0 Å². The van der Waals surface area contributed by atoms with Gasteiger partial charge in [0.25, 0.3) is 11.8 Å². The number of ether oxygens (including phenoxy) is 1. The minimum Gasteiger partial charge on any atom is -0.459 e. The number of nitrogens with one attached hydrogen (secondary N) is 3. The average molecular weight is 387 g/mol. The number of amides is 4. The van der Waals surface area contributed by atoms with Crippen molar-refractivity contribution in [1.29, 1.82) is 0 Å². The maximum atomic E-state index is 12.2. The fourth-order valence-corrected chi connectivity index (χ4v) is 2.14. The molecule has 1 heterocycles. The van der Waals surface area contributed by atoms with Gasteiger partial charge in [0, 0.05) is 25.2 Å². The van der Waals surface area contributed by atoms with E-state index in [-0.39, 0.29) is 34.5 Å². The van der Waals surface area contributed by atoms with E-state index < -0.39 is 24.4 Å². The van der Waals surface area contributed by atoms with Crippen LogP contribution in [0.2, 0.25) is 0 Å². The Hall–Kier alpha value is -3.95. The molecule has 0 bridgehead atoms. The first kappa shape index (κ1) is 20.4. The van der Waals surface area contributed by atoms with E-state index in [1.54, 1.807) is 0 Å². The first-order valence-corrected chi connectivity index (χ1v) is 7.99. The molecule has 0 unspecified atom stereocenters. The first-order chi connectivity index (χ1) is 13.2. The lowest BCUT2D eigenvalue weighted by atomic mass is 10.1. The Bertz CT molecular complexity index is 885. The van der Waals surface area contributed by atoms with Crippen LogP contribution >= 0.6 is 0 Å². The van der Waals surface area contributed by atoms with Gasteiger partial charge in [-0.2, -0.15) is 0 Å². The minimum absolute atomic E-state index is 0.0137. The van der Waals surface area contributed by atoms with E-state index in [1.165, 1.54) is 50.4 Å². The van der Waals surface area contributed by atoms with Gasteiger partial charge in [0.2, 0.25) is 11.8 Å². The second kappa shape index (κ2) is 9.12. The molecule has 0 fully saturated rings. The highest BCUT2D eigenvalue weighted by atomic mass is 16.5. The van der Waals surface area contributed by atoms with E-state index in [0.717, 1.165) is 0 Å². The molecule has 0 spiro atoms. The van der Waals surface area contributed by atoms with E-state index in [2.05, 4.69) is 10.6 Å². The van der Waals surface area contributed by atoms with Crippen LogP contribution in [0.15, 0.2) is 41.0 Å². The zero-order valence-corrected chi connectivity index (χ0v) is 15.0. The summed E-state index contributed by atoms with van der Waals surface area (Å²) in [6.45, 7) is 1.85. The zero-order valence-electron chi connectivity index (χ0n) is 15.0. The van der Waals surface area contributed by atoms with Gasteiger partial charge in [-0.15, -0.1) is 0 Å². The Balaban J connectivity index is 2.03. The Labute approximate surface area is 159 Å². The Morgan fingerprint density at radius 1 is 0.964 bits per heavy atom. The van der Waals surface area contributed by atoms with Crippen LogP contribution in [0.1, 0.15) is 34.8 Å². The number of esters is 1. The predicted octanol–water partition coefficient (Wildman–Crippen LogP) is 1.31. The van der Waals surface area contributed by atoms with Crippen LogP contribution in [-0.2, 0) is 19.1 Å². The summed E-state index contributed by atoms with van der Waals surface area (Å²) in [6, 6.07) is 6.94. The van der Waals surface area contributed by atoms with Crippen LogP contribution < -0.4 is 16.0 Å². The smallest absolute Gasteiger partial charge is 0.338 e. The molecular formula is C18H17N3O7. The molecule has 0 aliphatic heterocycles. The lowest BCUT2D eigenvalue weighted by molar-refractivity contribution is -0.123. The number of anilines is 2. The van der Waals surface area contributed by atoms with Crippen molar-refractivity contribution in [1.82, 2.24) is 5.32 Å². The second-order valence-corrected chi connectivity index (χ2v) is 5.59. The molecule has 0 atom stereocenters. The van der Waals surface area contributed by atoms with Gasteiger partial charge in [-0.25, -0.2) is 4.79 Å². The third kappa shape index (κ3) is 6.09. The highest BCUT2D eigenvalue weighted by Crippen LogP contribution is 2.20. The summed E-state index contributed by atoms with van der Waals surface area (Å²) in [5.74, 6) is -3.34. The molecule has 2 rings (SSSR count). The van der Waals surface area contributed by atoms with E-state index in [9.17, 15) is 24.0 Å².